The summed E-state index contributed by atoms with van der Waals surface area (Å²) < 4.78 is 12.8. The molecule has 0 aromatic carbocycles. The number of aromatic nitrogens is 1. The molecule has 2 amide bonds. The van der Waals surface area contributed by atoms with Crippen molar-refractivity contribution in [2.75, 3.05) is 13.7 Å². The summed E-state index contributed by atoms with van der Waals surface area (Å²) in [7, 11) is 3.11. The normalized spacial score (nSPS) is 19.8. The predicted molar refractivity (Wildman–Crippen MR) is 94.6 cm³/mol. The quantitative estimate of drug-likeness (QED) is 0.755. The molecule has 25 heavy (non-hydrogen) atoms. The lowest BCUT2D eigenvalue weighted by Gasteiger charge is -2.29. The molecule has 1 aliphatic carbocycles. The number of aryl methyl sites for hydroxylation is 1. The largest absolute Gasteiger partial charge is 0.489 e. The zero-order valence-electron chi connectivity index (χ0n) is 14.2. The van der Waals surface area contributed by atoms with Crippen molar-refractivity contribution in [3.8, 4) is 5.75 Å². The maximum Gasteiger partial charge on any atom is 0.407 e. The third-order valence-electron chi connectivity index (χ3n) is 4.02. The first kappa shape index (κ1) is 19.3. The molecule has 2 N–H and O–H groups in total. The number of hydrogen-bond donors (Lipinski definition) is 2. The summed E-state index contributed by atoms with van der Waals surface area (Å²) in [6.07, 6.45) is 4.10. The summed E-state index contributed by atoms with van der Waals surface area (Å²) in [5.74, 6) is 0.219. The Hall–Kier alpha value is -2.03. The van der Waals surface area contributed by atoms with Gasteiger partial charge < -0.3 is 24.7 Å². The van der Waals surface area contributed by atoms with Gasteiger partial charge in [0.05, 0.1) is 10.6 Å². The first-order chi connectivity index (χ1) is 11.9. The van der Waals surface area contributed by atoms with Crippen LogP contribution in [0.2, 0.25) is 0 Å². The number of hydrogen-bond acceptors (Lipinski definition) is 5. The van der Waals surface area contributed by atoms with Gasteiger partial charge in [-0.2, -0.15) is 0 Å². The summed E-state index contributed by atoms with van der Waals surface area (Å²) in [5.41, 5.74) is -0.129. The SMILES string of the molecule is CNC(=O)OCC(=O)N[C@H]1CC[C@H](Oc2cc(=O)n(C)cc2Br)CC1. The van der Waals surface area contributed by atoms with E-state index in [2.05, 4.69) is 26.6 Å². The molecule has 0 atom stereocenters. The van der Waals surface area contributed by atoms with E-state index in [9.17, 15) is 14.4 Å². The monoisotopic (exact) mass is 415 g/mol. The summed E-state index contributed by atoms with van der Waals surface area (Å²) in [6.45, 7) is -0.295. The molecule has 1 saturated carbocycles. The number of rotatable bonds is 5. The highest BCUT2D eigenvalue weighted by molar-refractivity contribution is 9.10. The lowest BCUT2D eigenvalue weighted by Crippen LogP contribution is -2.42. The minimum absolute atomic E-state index is 0.00122. The van der Waals surface area contributed by atoms with Gasteiger partial charge >= 0.3 is 6.09 Å². The number of halogens is 1. The third kappa shape index (κ3) is 5.77. The van der Waals surface area contributed by atoms with Gasteiger partial charge in [0.1, 0.15) is 5.75 Å². The van der Waals surface area contributed by atoms with Gasteiger partial charge in [-0.3, -0.25) is 9.59 Å². The standard InChI is InChI=1S/C16H22BrN3O5/c1-18-16(23)24-9-14(21)19-10-3-5-11(6-4-10)25-13-7-15(22)20(2)8-12(13)17/h7-8,10-11H,3-6,9H2,1-2H3,(H,18,23)(H,19,21)/t10-,11-. The van der Waals surface area contributed by atoms with Gasteiger partial charge in [-0.05, 0) is 41.6 Å². The second kappa shape index (κ2) is 8.89. The highest BCUT2D eigenvalue weighted by Crippen LogP contribution is 2.28. The average Bonchev–Trinajstić information content (AvgIpc) is 2.59. The maximum absolute atomic E-state index is 11.7. The van der Waals surface area contributed by atoms with Crippen molar-refractivity contribution >= 4 is 27.9 Å². The Bertz CT molecular complexity index is 683. The van der Waals surface area contributed by atoms with E-state index in [4.69, 9.17) is 9.47 Å². The second-order valence-corrected chi connectivity index (χ2v) is 6.77. The van der Waals surface area contributed by atoms with Crippen LogP contribution in [-0.2, 0) is 16.6 Å². The van der Waals surface area contributed by atoms with Crippen LogP contribution in [0.15, 0.2) is 21.5 Å². The Morgan fingerprint density at radius 1 is 1.32 bits per heavy atom. The molecule has 0 saturated heterocycles. The van der Waals surface area contributed by atoms with Crippen LogP contribution in [0.3, 0.4) is 0 Å². The molecule has 2 rings (SSSR count). The molecule has 1 aliphatic rings. The number of nitrogens with one attached hydrogen (secondary N) is 2. The number of amides is 2. The number of carbonyl (C=O) groups excluding carboxylic acids is 2. The zero-order chi connectivity index (χ0) is 18.4. The van der Waals surface area contributed by atoms with Crippen molar-refractivity contribution in [2.45, 2.75) is 37.8 Å². The van der Waals surface area contributed by atoms with E-state index in [-0.39, 0.29) is 30.2 Å². The maximum atomic E-state index is 11.7. The molecule has 8 nitrogen and oxygen atoms in total. The van der Waals surface area contributed by atoms with Gasteiger partial charge in [0.25, 0.3) is 11.5 Å². The zero-order valence-corrected chi connectivity index (χ0v) is 15.8. The number of pyridine rings is 1. The molecular formula is C16H22BrN3O5. The molecule has 0 unspecified atom stereocenters. The van der Waals surface area contributed by atoms with Gasteiger partial charge in [0.2, 0.25) is 0 Å². The first-order valence-corrected chi connectivity index (χ1v) is 8.85. The fraction of sp³-hybridized carbons (Fsp3) is 0.562. The Morgan fingerprint density at radius 3 is 2.64 bits per heavy atom. The third-order valence-corrected chi connectivity index (χ3v) is 4.61. The summed E-state index contributed by atoms with van der Waals surface area (Å²) in [4.78, 5) is 34.4. The number of alkyl carbamates (subject to hydrolysis) is 1. The van der Waals surface area contributed by atoms with E-state index in [1.54, 1.807) is 13.2 Å². The van der Waals surface area contributed by atoms with E-state index < -0.39 is 6.09 Å². The van der Waals surface area contributed by atoms with Gasteiger partial charge in [0.15, 0.2) is 6.61 Å². The van der Waals surface area contributed by atoms with Gasteiger partial charge in [0, 0.05) is 32.4 Å². The Labute approximate surface area is 154 Å². The van der Waals surface area contributed by atoms with Crippen LogP contribution in [0, 0.1) is 0 Å². The lowest BCUT2D eigenvalue weighted by molar-refractivity contribution is -0.125. The van der Waals surface area contributed by atoms with E-state index in [1.165, 1.54) is 17.7 Å². The van der Waals surface area contributed by atoms with Crippen LogP contribution in [-0.4, -0.2) is 42.4 Å². The number of ether oxygens (including phenoxy) is 2. The van der Waals surface area contributed by atoms with Crippen molar-refractivity contribution in [1.82, 2.24) is 15.2 Å². The van der Waals surface area contributed by atoms with Crippen LogP contribution in [0.4, 0.5) is 4.79 Å². The van der Waals surface area contributed by atoms with Gasteiger partial charge in [-0.25, -0.2) is 4.79 Å². The minimum Gasteiger partial charge on any atom is -0.489 e. The molecule has 138 valence electrons. The fourth-order valence-electron chi connectivity index (χ4n) is 2.65. The van der Waals surface area contributed by atoms with Crippen LogP contribution in [0.25, 0.3) is 0 Å². The molecule has 0 spiro atoms. The number of carbonyl (C=O) groups is 2. The molecular weight excluding hydrogens is 394 g/mol. The van der Waals surface area contributed by atoms with Crippen LogP contribution < -0.4 is 20.9 Å². The highest BCUT2D eigenvalue weighted by atomic mass is 79.9. The first-order valence-electron chi connectivity index (χ1n) is 8.05. The van der Waals surface area contributed by atoms with Crippen molar-refractivity contribution < 1.29 is 19.1 Å². The number of nitrogens with zero attached hydrogens (tertiary/aromatic N) is 1. The summed E-state index contributed by atoms with van der Waals surface area (Å²) >= 11 is 3.40. The van der Waals surface area contributed by atoms with Crippen LogP contribution in [0.5, 0.6) is 5.75 Å². The van der Waals surface area contributed by atoms with Crippen molar-refractivity contribution in [1.29, 1.82) is 0 Å². The molecule has 9 heteroatoms. The summed E-state index contributed by atoms with van der Waals surface area (Å²) in [5, 5.41) is 5.13. The van der Waals surface area contributed by atoms with Gasteiger partial charge in [-0.15, -0.1) is 0 Å². The van der Waals surface area contributed by atoms with E-state index in [0.29, 0.717) is 5.75 Å². The lowest BCUT2D eigenvalue weighted by atomic mass is 9.93. The van der Waals surface area contributed by atoms with Crippen molar-refractivity contribution in [2.24, 2.45) is 7.05 Å². The summed E-state index contributed by atoms with van der Waals surface area (Å²) in [6, 6.07) is 1.50. The Kier molecular flexibility index (Phi) is 6.86. The molecule has 1 fully saturated rings. The van der Waals surface area contributed by atoms with Crippen molar-refractivity contribution in [3.05, 3.63) is 27.1 Å². The van der Waals surface area contributed by atoms with Crippen molar-refractivity contribution in [3.63, 3.8) is 0 Å². The van der Waals surface area contributed by atoms with Gasteiger partial charge in [-0.1, -0.05) is 0 Å². The van der Waals surface area contributed by atoms with Crippen LogP contribution in [0.1, 0.15) is 25.7 Å². The molecule has 0 bridgehead atoms. The average molecular weight is 416 g/mol. The van der Waals surface area contributed by atoms with E-state index in [0.717, 1.165) is 30.2 Å². The van der Waals surface area contributed by atoms with E-state index in [1.807, 2.05) is 0 Å². The molecule has 1 heterocycles. The Morgan fingerprint density at radius 2 is 2.00 bits per heavy atom. The van der Waals surface area contributed by atoms with Crippen LogP contribution >= 0.6 is 15.9 Å². The fourth-order valence-corrected chi connectivity index (χ4v) is 3.16. The minimum atomic E-state index is -0.633. The predicted octanol–water partition coefficient (Wildman–Crippen LogP) is 1.31. The second-order valence-electron chi connectivity index (χ2n) is 5.92. The molecule has 0 radical (unpaired) electrons. The highest BCUT2D eigenvalue weighted by Gasteiger charge is 2.24. The molecule has 1 aromatic heterocycles. The Balaban J connectivity index is 1.78. The molecule has 1 aromatic rings. The smallest absolute Gasteiger partial charge is 0.407 e. The van der Waals surface area contributed by atoms with E-state index >= 15 is 0 Å². The topological polar surface area (TPSA) is 98.7 Å². The molecule has 0 aliphatic heterocycles.